The molecule has 0 aliphatic carbocycles. The van der Waals surface area contributed by atoms with Gasteiger partial charge in [-0.3, -0.25) is 4.79 Å². The van der Waals surface area contributed by atoms with Gasteiger partial charge in [0.25, 0.3) is 0 Å². The number of para-hydroxylation sites is 1. The number of fused-ring (bicyclic) bond motifs is 1. The van der Waals surface area contributed by atoms with Crippen molar-refractivity contribution in [3.05, 3.63) is 76.1 Å². The second-order valence-electron chi connectivity index (χ2n) is 6.78. The third-order valence-corrected chi connectivity index (χ3v) is 4.18. The zero-order valence-corrected chi connectivity index (χ0v) is 19.3. The predicted molar refractivity (Wildman–Crippen MR) is 107 cm³/mol. The van der Waals surface area contributed by atoms with Crippen LogP contribution in [-0.2, 0) is 4.79 Å². The Bertz CT molecular complexity index is 977. The number of hydrogen-bond acceptors (Lipinski definition) is 5. The van der Waals surface area contributed by atoms with Gasteiger partial charge >= 0.3 is 35.2 Å². The van der Waals surface area contributed by atoms with E-state index < -0.39 is 11.5 Å². The van der Waals surface area contributed by atoms with Gasteiger partial charge in [0, 0.05) is 35.8 Å². The van der Waals surface area contributed by atoms with Crippen LogP contribution in [0.2, 0.25) is 0 Å². The molecule has 1 aromatic heterocycles. The molecule has 2 aromatic carbocycles. The van der Waals surface area contributed by atoms with Crippen molar-refractivity contribution in [3.63, 3.8) is 0 Å². The maximum absolute atomic E-state index is 12.9. The van der Waals surface area contributed by atoms with E-state index in [0.717, 1.165) is 5.56 Å². The van der Waals surface area contributed by atoms with E-state index in [1.165, 1.54) is 0 Å². The van der Waals surface area contributed by atoms with Crippen LogP contribution in [0.3, 0.4) is 0 Å². The Morgan fingerprint density at radius 1 is 1.07 bits per heavy atom. The number of aliphatic hydroxyl groups excluding tert-OH is 1. The van der Waals surface area contributed by atoms with Gasteiger partial charge in [-0.1, -0.05) is 61.2 Å². The molecule has 0 aliphatic heterocycles. The van der Waals surface area contributed by atoms with Crippen molar-refractivity contribution in [2.75, 3.05) is 0 Å². The van der Waals surface area contributed by atoms with E-state index >= 15 is 0 Å². The minimum Gasteiger partial charge on any atom is -0.872 e. The van der Waals surface area contributed by atoms with Gasteiger partial charge in [0.15, 0.2) is 0 Å². The molecule has 0 saturated heterocycles. The number of carbonyl (C=O) groups is 1. The largest absolute Gasteiger partial charge is 1.00 e. The van der Waals surface area contributed by atoms with Gasteiger partial charge in [-0.2, -0.15) is 0 Å². The average molecular weight is 404 g/mol. The summed E-state index contributed by atoms with van der Waals surface area (Å²) in [6.07, 6.45) is 0.301. The summed E-state index contributed by atoms with van der Waals surface area (Å²) in [5.41, 5.74) is 0.391. The molecule has 5 nitrogen and oxygen atoms in total. The third-order valence-electron chi connectivity index (χ3n) is 4.18. The van der Waals surface area contributed by atoms with Crippen LogP contribution in [0.1, 0.15) is 50.7 Å². The summed E-state index contributed by atoms with van der Waals surface area (Å²) in [5.74, 6) is -0.956. The number of Topliss-reactive ketones (excluding diaryl/α,β-unsaturated/α-hetero) is 1. The van der Waals surface area contributed by atoms with E-state index in [0.29, 0.717) is 11.8 Å². The van der Waals surface area contributed by atoms with Crippen LogP contribution in [-0.4, -0.2) is 17.0 Å². The normalized spacial score (nSPS) is 11.3. The molecule has 1 N–H and O–H groups in total. The quantitative estimate of drug-likeness (QED) is 0.501. The molecule has 0 radical (unpaired) electrons. The van der Waals surface area contributed by atoms with Gasteiger partial charge in [-0.15, -0.1) is 0 Å². The summed E-state index contributed by atoms with van der Waals surface area (Å²) < 4.78 is 5.32. The molecule has 3 aromatic rings. The number of carbonyl (C=O) groups excluding carboxylic acids is 1. The molecular weight excluding hydrogens is 379 g/mol. The maximum atomic E-state index is 12.9. The summed E-state index contributed by atoms with van der Waals surface area (Å²) >= 11 is 0. The van der Waals surface area contributed by atoms with Crippen LogP contribution < -0.4 is 40.3 Å². The van der Waals surface area contributed by atoms with Crippen LogP contribution in [0.4, 0.5) is 0 Å². The first kappa shape index (κ1) is 25.1. The molecular formula is C23H25NaO5. The molecule has 29 heavy (non-hydrogen) atoms. The smallest absolute Gasteiger partial charge is 0.872 e. The van der Waals surface area contributed by atoms with Crippen LogP contribution in [0, 0.1) is 0 Å². The van der Waals surface area contributed by atoms with Gasteiger partial charge in [-0.05, 0) is 25.5 Å². The van der Waals surface area contributed by atoms with Crippen molar-refractivity contribution in [1.29, 1.82) is 0 Å². The molecule has 3 rings (SSSR count). The first-order chi connectivity index (χ1) is 13.3. The molecule has 1 heterocycles. The number of hydrogen-bond donors (Lipinski definition) is 1. The predicted octanol–water partition coefficient (Wildman–Crippen LogP) is 0.759. The fourth-order valence-corrected chi connectivity index (χ4v) is 2.88. The van der Waals surface area contributed by atoms with Gasteiger partial charge < -0.3 is 14.6 Å². The summed E-state index contributed by atoms with van der Waals surface area (Å²) in [5, 5.41) is 21.3. The molecule has 0 spiro atoms. The van der Waals surface area contributed by atoms with E-state index in [4.69, 9.17) is 9.52 Å². The minimum atomic E-state index is -0.670. The second-order valence-corrected chi connectivity index (χ2v) is 6.78. The van der Waals surface area contributed by atoms with Crippen LogP contribution in [0.25, 0.3) is 11.0 Å². The molecule has 0 amide bonds. The number of rotatable bonds is 5. The Morgan fingerprint density at radius 2 is 1.62 bits per heavy atom. The van der Waals surface area contributed by atoms with Crippen molar-refractivity contribution in [2.45, 2.75) is 45.6 Å². The first-order valence-electron chi connectivity index (χ1n) is 9.32. The van der Waals surface area contributed by atoms with Gasteiger partial charge in [0.2, 0.25) is 0 Å². The molecule has 1 unspecified atom stereocenters. The molecule has 0 fully saturated rings. The van der Waals surface area contributed by atoms with E-state index in [1.54, 1.807) is 45.0 Å². The monoisotopic (exact) mass is 404 g/mol. The molecule has 1 atom stereocenters. The molecule has 6 heteroatoms. The van der Waals surface area contributed by atoms with Crippen molar-refractivity contribution >= 4 is 16.8 Å². The van der Waals surface area contributed by atoms with Crippen molar-refractivity contribution in [2.24, 2.45) is 0 Å². The zero-order chi connectivity index (χ0) is 20.7. The zero-order valence-electron chi connectivity index (χ0n) is 17.3. The molecule has 0 saturated carbocycles. The number of aliphatic hydroxyl groups is 1. The summed E-state index contributed by atoms with van der Waals surface area (Å²) in [7, 11) is 0. The second kappa shape index (κ2) is 11.9. The van der Waals surface area contributed by atoms with E-state index in [-0.39, 0.29) is 64.8 Å². The van der Waals surface area contributed by atoms with Crippen LogP contribution in [0.15, 0.2) is 63.8 Å². The Kier molecular flexibility index (Phi) is 10.3. The number of benzene rings is 2. The van der Waals surface area contributed by atoms with Crippen molar-refractivity contribution < 1.29 is 49.0 Å². The number of ketones is 1. The van der Waals surface area contributed by atoms with Gasteiger partial charge in [0.1, 0.15) is 11.4 Å². The van der Waals surface area contributed by atoms with Crippen LogP contribution >= 0.6 is 0 Å². The van der Waals surface area contributed by atoms with Gasteiger partial charge in [-0.25, -0.2) is 4.79 Å². The Balaban J connectivity index is 0.000000771. The average Bonchev–Trinajstić information content (AvgIpc) is 2.67. The van der Waals surface area contributed by atoms with E-state index in [1.807, 2.05) is 30.3 Å². The Labute approximate surface area is 192 Å². The third kappa shape index (κ3) is 6.82. The summed E-state index contributed by atoms with van der Waals surface area (Å²) in [6.45, 7) is 5.21. The van der Waals surface area contributed by atoms with Crippen molar-refractivity contribution in [1.82, 2.24) is 0 Å². The van der Waals surface area contributed by atoms with Gasteiger partial charge in [0.05, 0.1) is 0 Å². The molecule has 148 valence electrons. The van der Waals surface area contributed by atoms with Crippen LogP contribution in [0.5, 0.6) is 5.75 Å². The Hall–Kier alpha value is -1.92. The summed E-state index contributed by atoms with van der Waals surface area (Å²) in [6, 6.07) is 15.8. The van der Waals surface area contributed by atoms with E-state index in [2.05, 4.69) is 0 Å². The summed E-state index contributed by atoms with van der Waals surface area (Å²) in [4.78, 5) is 24.5. The maximum Gasteiger partial charge on any atom is 1.00 e. The fourth-order valence-electron chi connectivity index (χ4n) is 2.88. The SMILES string of the molecule is CC(C)O.CCC(=O)CC(c1ccccc1)c1c([O-])c2ccccc2oc1=O.[Na+]. The minimum absolute atomic E-state index is 0. The molecule has 0 aliphatic rings. The fraction of sp³-hybridized carbons (Fsp3) is 0.304. The Morgan fingerprint density at radius 3 is 2.21 bits per heavy atom. The first-order valence-corrected chi connectivity index (χ1v) is 9.32. The molecule has 0 bridgehead atoms. The topological polar surface area (TPSA) is 90.6 Å². The van der Waals surface area contributed by atoms with E-state index in [9.17, 15) is 14.7 Å². The standard InChI is InChI=1S/C20H18O4.C3H8O.Na/c1-2-14(21)12-16(13-8-4-3-5-9-13)18-19(22)15-10-6-7-11-17(15)24-20(18)23;1-3(2)4;/h3-11,16,22H,2,12H2,1H3;3-4H,1-2H3;/q;;+1/p-1. The van der Waals surface area contributed by atoms with Crippen molar-refractivity contribution in [3.8, 4) is 5.75 Å².